The standard InChI is InChI=1S/C11H10Br2/c1-2-10(12)11(13)8-9-6-4-3-5-7-9/h2-8H,1H3/b10-2?,11-8+. The summed E-state index contributed by atoms with van der Waals surface area (Å²) >= 11 is 6.93. The van der Waals surface area contributed by atoms with E-state index >= 15 is 0 Å². The highest BCUT2D eigenvalue weighted by Gasteiger charge is 1.95. The monoisotopic (exact) mass is 300 g/mol. The smallest absolute Gasteiger partial charge is 0.0320 e. The van der Waals surface area contributed by atoms with E-state index in [1.165, 1.54) is 5.56 Å². The van der Waals surface area contributed by atoms with E-state index in [0.717, 1.165) is 8.96 Å². The number of hydrogen-bond acceptors (Lipinski definition) is 0. The Kier molecular flexibility index (Phi) is 4.46. The third-order valence-corrected chi connectivity index (χ3v) is 3.65. The maximum atomic E-state index is 3.49. The molecule has 0 spiro atoms. The lowest BCUT2D eigenvalue weighted by molar-refractivity contribution is 1.65. The predicted octanol–water partition coefficient (Wildman–Crippen LogP) is 4.72. The Morgan fingerprint density at radius 2 is 1.69 bits per heavy atom. The summed E-state index contributed by atoms with van der Waals surface area (Å²) in [5.41, 5.74) is 1.19. The molecule has 0 aliphatic carbocycles. The summed E-state index contributed by atoms with van der Waals surface area (Å²) in [6.07, 6.45) is 4.08. The predicted molar refractivity (Wildman–Crippen MR) is 66.0 cm³/mol. The lowest BCUT2D eigenvalue weighted by Crippen LogP contribution is -1.73. The number of benzene rings is 1. The highest BCUT2D eigenvalue weighted by atomic mass is 79.9. The molecule has 0 unspecified atom stereocenters. The maximum Gasteiger partial charge on any atom is 0.0320 e. The molecule has 13 heavy (non-hydrogen) atoms. The lowest BCUT2D eigenvalue weighted by atomic mass is 10.2. The Hall–Kier alpha value is -0.340. The number of rotatable bonds is 2. The second-order valence-corrected chi connectivity index (χ2v) is 4.25. The molecule has 1 aromatic rings. The van der Waals surface area contributed by atoms with Gasteiger partial charge in [0.05, 0.1) is 0 Å². The van der Waals surface area contributed by atoms with E-state index in [4.69, 9.17) is 0 Å². The van der Waals surface area contributed by atoms with Crippen molar-refractivity contribution in [1.29, 1.82) is 0 Å². The van der Waals surface area contributed by atoms with Crippen molar-refractivity contribution >= 4 is 37.9 Å². The minimum Gasteiger partial charge on any atom is -0.0722 e. The Morgan fingerprint density at radius 3 is 2.23 bits per heavy atom. The Morgan fingerprint density at radius 1 is 1.08 bits per heavy atom. The van der Waals surface area contributed by atoms with E-state index < -0.39 is 0 Å². The molecule has 0 saturated carbocycles. The van der Waals surface area contributed by atoms with Crippen LogP contribution in [0.2, 0.25) is 0 Å². The van der Waals surface area contributed by atoms with Gasteiger partial charge in [-0.15, -0.1) is 0 Å². The highest BCUT2D eigenvalue weighted by Crippen LogP contribution is 2.25. The van der Waals surface area contributed by atoms with Gasteiger partial charge in [-0.2, -0.15) is 0 Å². The van der Waals surface area contributed by atoms with Gasteiger partial charge in [-0.25, -0.2) is 0 Å². The molecular formula is C11H10Br2. The van der Waals surface area contributed by atoms with Crippen LogP contribution in [0.5, 0.6) is 0 Å². The summed E-state index contributed by atoms with van der Waals surface area (Å²) in [6.45, 7) is 1.99. The topological polar surface area (TPSA) is 0 Å². The molecule has 0 saturated heterocycles. The largest absolute Gasteiger partial charge is 0.0722 e. The summed E-state index contributed by atoms with van der Waals surface area (Å²) in [4.78, 5) is 0. The van der Waals surface area contributed by atoms with Crippen LogP contribution in [0.15, 0.2) is 45.4 Å². The van der Waals surface area contributed by atoms with Gasteiger partial charge in [0.2, 0.25) is 0 Å². The third kappa shape index (κ3) is 3.49. The average molecular weight is 302 g/mol. The normalized spacial score (nSPS) is 13.2. The number of hydrogen-bond donors (Lipinski definition) is 0. The van der Waals surface area contributed by atoms with Crippen LogP contribution in [0.4, 0.5) is 0 Å². The van der Waals surface area contributed by atoms with Crippen LogP contribution < -0.4 is 0 Å². The first kappa shape index (κ1) is 10.7. The molecule has 0 heterocycles. The van der Waals surface area contributed by atoms with Gasteiger partial charge in [0, 0.05) is 8.96 Å². The van der Waals surface area contributed by atoms with Gasteiger partial charge < -0.3 is 0 Å². The Bertz CT molecular complexity index is 323. The first-order chi connectivity index (χ1) is 6.24. The lowest BCUT2D eigenvalue weighted by Gasteiger charge is -1.96. The van der Waals surface area contributed by atoms with Crippen molar-refractivity contribution in [2.24, 2.45) is 0 Å². The van der Waals surface area contributed by atoms with Crippen LogP contribution in [0.1, 0.15) is 12.5 Å². The van der Waals surface area contributed by atoms with Crippen LogP contribution in [-0.4, -0.2) is 0 Å². The fourth-order valence-corrected chi connectivity index (χ4v) is 1.51. The number of halogens is 2. The molecule has 0 aromatic heterocycles. The van der Waals surface area contributed by atoms with Crippen LogP contribution in [0, 0.1) is 0 Å². The van der Waals surface area contributed by atoms with Crippen LogP contribution >= 0.6 is 31.9 Å². The third-order valence-electron chi connectivity index (χ3n) is 1.57. The summed E-state index contributed by atoms with van der Waals surface area (Å²) < 4.78 is 2.12. The number of allylic oxidation sites excluding steroid dienone is 3. The first-order valence-corrected chi connectivity index (χ1v) is 5.57. The SMILES string of the molecule is CC=C(Br)/C(Br)=C\c1ccccc1. The summed E-state index contributed by atoms with van der Waals surface area (Å²) in [6, 6.07) is 10.2. The van der Waals surface area contributed by atoms with E-state index in [1.807, 2.05) is 31.2 Å². The van der Waals surface area contributed by atoms with E-state index in [1.54, 1.807) is 0 Å². The molecule has 0 bridgehead atoms. The van der Waals surface area contributed by atoms with Crippen LogP contribution in [0.25, 0.3) is 6.08 Å². The molecule has 68 valence electrons. The van der Waals surface area contributed by atoms with E-state index in [9.17, 15) is 0 Å². The minimum atomic E-state index is 1.06. The summed E-state index contributed by atoms with van der Waals surface area (Å²) in [5, 5.41) is 0. The molecule has 0 fully saturated rings. The Labute approximate surface area is 95.6 Å². The van der Waals surface area contributed by atoms with Crippen molar-refractivity contribution < 1.29 is 0 Å². The van der Waals surface area contributed by atoms with Gasteiger partial charge in [0.15, 0.2) is 0 Å². The second kappa shape index (κ2) is 5.40. The zero-order valence-corrected chi connectivity index (χ0v) is 10.5. The molecule has 0 atom stereocenters. The fraction of sp³-hybridized carbons (Fsp3) is 0.0909. The average Bonchev–Trinajstić information content (AvgIpc) is 2.18. The van der Waals surface area contributed by atoms with Gasteiger partial charge in [-0.1, -0.05) is 36.4 Å². The van der Waals surface area contributed by atoms with E-state index in [0.29, 0.717) is 0 Å². The fourth-order valence-electron chi connectivity index (χ4n) is 0.902. The zero-order valence-electron chi connectivity index (χ0n) is 7.30. The molecule has 2 heteroatoms. The minimum absolute atomic E-state index is 1.06. The molecule has 0 N–H and O–H groups in total. The van der Waals surface area contributed by atoms with E-state index in [2.05, 4.69) is 50.1 Å². The Balaban J connectivity index is 2.89. The van der Waals surface area contributed by atoms with Crippen molar-refractivity contribution in [2.45, 2.75) is 6.92 Å². The van der Waals surface area contributed by atoms with Crippen molar-refractivity contribution in [2.75, 3.05) is 0 Å². The quantitative estimate of drug-likeness (QED) is 0.693. The summed E-state index contributed by atoms with van der Waals surface area (Å²) in [5.74, 6) is 0. The van der Waals surface area contributed by atoms with Crippen molar-refractivity contribution in [1.82, 2.24) is 0 Å². The van der Waals surface area contributed by atoms with Crippen molar-refractivity contribution in [3.63, 3.8) is 0 Å². The molecule has 0 amide bonds. The van der Waals surface area contributed by atoms with Crippen molar-refractivity contribution in [3.05, 3.63) is 50.9 Å². The van der Waals surface area contributed by atoms with Crippen LogP contribution in [-0.2, 0) is 0 Å². The van der Waals surface area contributed by atoms with Crippen LogP contribution in [0.3, 0.4) is 0 Å². The molecule has 1 aromatic carbocycles. The molecule has 0 aliphatic rings. The zero-order chi connectivity index (χ0) is 9.68. The maximum absolute atomic E-state index is 3.49. The molecule has 0 nitrogen and oxygen atoms in total. The molecule has 0 radical (unpaired) electrons. The summed E-state index contributed by atoms with van der Waals surface area (Å²) in [7, 11) is 0. The van der Waals surface area contributed by atoms with Gasteiger partial charge >= 0.3 is 0 Å². The highest BCUT2D eigenvalue weighted by molar-refractivity contribution is 9.15. The van der Waals surface area contributed by atoms with Gasteiger partial charge in [0.25, 0.3) is 0 Å². The van der Waals surface area contributed by atoms with Gasteiger partial charge in [0.1, 0.15) is 0 Å². The molecule has 0 aliphatic heterocycles. The van der Waals surface area contributed by atoms with Crippen molar-refractivity contribution in [3.8, 4) is 0 Å². The first-order valence-electron chi connectivity index (χ1n) is 3.98. The molecular weight excluding hydrogens is 292 g/mol. The van der Waals surface area contributed by atoms with Gasteiger partial charge in [-0.05, 0) is 50.4 Å². The molecule has 1 rings (SSSR count). The van der Waals surface area contributed by atoms with Gasteiger partial charge in [-0.3, -0.25) is 0 Å². The van der Waals surface area contributed by atoms with E-state index in [-0.39, 0.29) is 0 Å². The second-order valence-electron chi connectivity index (χ2n) is 2.54.